The van der Waals surface area contributed by atoms with Crippen LogP contribution in [-0.4, -0.2) is 16.5 Å². The normalized spacial score (nSPS) is 23.4. The van der Waals surface area contributed by atoms with E-state index in [9.17, 15) is 4.79 Å². The molecule has 1 heterocycles. The minimum Gasteiger partial charge on any atom is -0.481 e. The van der Waals surface area contributed by atoms with Crippen LogP contribution in [0.15, 0.2) is 12.0 Å². The smallest absolute Gasteiger partial charge is 0.273 e. The largest absolute Gasteiger partial charge is 0.481 e. The summed E-state index contributed by atoms with van der Waals surface area (Å²) in [7, 11) is 0. The van der Waals surface area contributed by atoms with Crippen molar-refractivity contribution < 1.29 is 14.6 Å². The minimum absolute atomic E-state index is 0.00898. The predicted molar refractivity (Wildman–Crippen MR) is 35.5 cm³/mol. The van der Waals surface area contributed by atoms with Gasteiger partial charge in [-0.05, 0) is 13.8 Å². The van der Waals surface area contributed by atoms with E-state index >= 15 is 0 Å². The number of ketones is 1. The Balaban J connectivity index is 2.82. The van der Waals surface area contributed by atoms with Crippen LogP contribution >= 0.6 is 0 Å². The zero-order valence-corrected chi connectivity index (χ0v) is 6.05. The maximum absolute atomic E-state index is 11.0. The van der Waals surface area contributed by atoms with Gasteiger partial charge in [0.25, 0.3) is 5.95 Å². The molecule has 0 spiro atoms. The molecule has 3 heteroatoms. The number of ether oxygens (including phenoxy) is 1. The number of rotatable bonds is 0. The summed E-state index contributed by atoms with van der Waals surface area (Å²) in [5.41, 5.74) is -0.848. The Hall–Kier alpha value is -0.990. The summed E-state index contributed by atoms with van der Waals surface area (Å²) in [6.07, 6.45) is 1.63. The number of carbonyl (C=O) groups excluding carboxylic acids is 1. The summed E-state index contributed by atoms with van der Waals surface area (Å²) in [6, 6.07) is 0. The van der Waals surface area contributed by atoms with Crippen molar-refractivity contribution in [3.63, 3.8) is 0 Å². The molecule has 0 bridgehead atoms. The second-order valence-electron chi connectivity index (χ2n) is 2.78. The third-order valence-electron chi connectivity index (χ3n) is 1.49. The molecule has 0 radical (unpaired) electrons. The van der Waals surface area contributed by atoms with Crippen molar-refractivity contribution in [3.8, 4) is 0 Å². The summed E-state index contributed by atoms with van der Waals surface area (Å²) < 4.78 is 4.85. The van der Waals surface area contributed by atoms with E-state index in [2.05, 4.69) is 0 Å². The van der Waals surface area contributed by atoms with E-state index in [-0.39, 0.29) is 18.1 Å². The Morgan fingerprint density at radius 3 is 2.70 bits per heavy atom. The standard InChI is InChI=1S/C7H10O3/c1-7(2)5(8)3-4-6(9)10-7/h4,9H,3H2,1-2H3. The van der Waals surface area contributed by atoms with E-state index < -0.39 is 5.60 Å². The zero-order valence-electron chi connectivity index (χ0n) is 6.05. The van der Waals surface area contributed by atoms with Crippen LogP contribution in [-0.2, 0) is 9.53 Å². The Labute approximate surface area is 59.3 Å². The summed E-state index contributed by atoms with van der Waals surface area (Å²) in [6.45, 7) is 3.27. The number of hydrogen-bond acceptors (Lipinski definition) is 3. The first-order valence-electron chi connectivity index (χ1n) is 3.14. The quantitative estimate of drug-likeness (QED) is 0.552. The van der Waals surface area contributed by atoms with Gasteiger partial charge in [-0.15, -0.1) is 0 Å². The van der Waals surface area contributed by atoms with Gasteiger partial charge in [0.15, 0.2) is 11.4 Å². The number of hydrogen-bond donors (Lipinski definition) is 1. The number of Topliss-reactive ketones (excluding diaryl/α,β-unsaturated/α-hetero) is 1. The van der Waals surface area contributed by atoms with Crippen LogP contribution in [0.3, 0.4) is 0 Å². The number of aliphatic hydroxyl groups is 1. The molecule has 0 aromatic carbocycles. The number of carbonyl (C=O) groups is 1. The summed E-state index contributed by atoms with van der Waals surface area (Å²) in [5.74, 6) is -0.157. The molecule has 0 aromatic heterocycles. The maximum Gasteiger partial charge on any atom is 0.273 e. The highest BCUT2D eigenvalue weighted by molar-refractivity contribution is 5.88. The molecule has 0 atom stereocenters. The molecule has 0 fully saturated rings. The molecule has 1 aliphatic rings. The third kappa shape index (κ3) is 1.12. The fourth-order valence-corrected chi connectivity index (χ4v) is 0.786. The number of aliphatic hydroxyl groups excluding tert-OH is 1. The van der Waals surface area contributed by atoms with Crippen LogP contribution in [0.2, 0.25) is 0 Å². The summed E-state index contributed by atoms with van der Waals surface area (Å²) in [5, 5.41) is 8.85. The van der Waals surface area contributed by atoms with E-state index in [0.29, 0.717) is 0 Å². The van der Waals surface area contributed by atoms with E-state index in [0.717, 1.165) is 0 Å². The predicted octanol–water partition coefficient (Wildman–Crippen LogP) is 1.15. The molecule has 10 heavy (non-hydrogen) atoms. The molecular weight excluding hydrogens is 132 g/mol. The Kier molecular flexibility index (Phi) is 1.43. The van der Waals surface area contributed by atoms with Crippen LogP contribution in [0.4, 0.5) is 0 Å². The van der Waals surface area contributed by atoms with Crippen molar-refractivity contribution in [2.75, 3.05) is 0 Å². The van der Waals surface area contributed by atoms with Crippen LogP contribution < -0.4 is 0 Å². The molecular formula is C7H10O3. The summed E-state index contributed by atoms with van der Waals surface area (Å²) >= 11 is 0. The number of allylic oxidation sites excluding steroid dienone is 1. The Morgan fingerprint density at radius 2 is 2.30 bits per heavy atom. The van der Waals surface area contributed by atoms with Gasteiger partial charge in [-0.3, -0.25) is 4.79 Å². The minimum atomic E-state index is -0.848. The van der Waals surface area contributed by atoms with Crippen LogP contribution in [0.25, 0.3) is 0 Å². The summed E-state index contributed by atoms with van der Waals surface area (Å²) in [4.78, 5) is 11.0. The topological polar surface area (TPSA) is 46.5 Å². The van der Waals surface area contributed by atoms with Crippen molar-refractivity contribution in [2.24, 2.45) is 0 Å². The fraction of sp³-hybridized carbons (Fsp3) is 0.571. The highest BCUT2D eigenvalue weighted by Gasteiger charge is 2.32. The van der Waals surface area contributed by atoms with E-state index in [1.165, 1.54) is 6.08 Å². The SMILES string of the molecule is CC1(C)OC(O)=CCC1=O. The van der Waals surface area contributed by atoms with Crippen LogP contribution in [0.1, 0.15) is 20.3 Å². The maximum atomic E-state index is 11.0. The van der Waals surface area contributed by atoms with Gasteiger partial charge in [0.1, 0.15) is 0 Å². The van der Waals surface area contributed by atoms with Gasteiger partial charge >= 0.3 is 0 Å². The van der Waals surface area contributed by atoms with Crippen molar-refractivity contribution in [1.82, 2.24) is 0 Å². The Morgan fingerprint density at radius 1 is 1.70 bits per heavy atom. The second kappa shape index (κ2) is 2.01. The first kappa shape index (κ1) is 7.12. The molecule has 0 aliphatic carbocycles. The van der Waals surface area contributed by atoms with Gasteiger partial charge < -0.3 is 9.84 Å². The molecule has 0 saturated carbocycles. The molecule has 3 nitrogen and oxygen atoms in total. The van der Waals surface area contributed by atoms with E-state index in [1.807, 2.05) is 0 Å². The van der Waals surface area contributed by atoms with Crippen molar-refractivity contribution >= 4 is 5.78 Å². The highest BCUT2D eigenvalue weighted by atomic mass is 16.6. The van der Waals surface area contributed by atoms with Crippen LogP contribution in [0.5, 0.6) is 0 Å². The molecule has 0 amide bonds. The molecule has 0 saturated heterocycles. The monoisotopic (exact) mass is 142 g/mol. The van der Waals surface area contributed by atoms with Gasteiger partial charge in [0.05, 0.1) is 0 Å². The lowest BCUT2D eigenvalue weighted by Gasteiger charge is -2.26. The molecule has 56 valence electrons. The fourth-order valence-electron chi connectivity index (χ4n) is 0.786. The van der Waals surface area contributed by atoms with Gasteiger partial charge in [-0.25, -0.2) is 0 Å². The first-order chi connectivity index (χ1) is 4.52. The van der Waals surface area contributed by atoms with Gasteiger partial charge in [-0.2, -0.15) is 0 Å². The van der Waals surface area contributed by atoms with Crippen molar-refractivity contribution in [2.45, 2.75) is 25.9 Å². The van der Waals surface area contributed by atoms with Crippen LogP contribution in [0, 0.1) is 0 Å². The molecule has 1 N–H and O–H groups in total. The highest BCUT2D eigenvalue weighted by Crippen LogP contribution is 2.21. The second-order valence-corrected chi connectivity index (χ2v) is 2.78. The van der Waals surface area contributed by atoms with Crippen molar-refractivity contribution in [1.29, 1.82) is 0 Å². The third-order valence-corrected chi connectivity index (χ3v) is 1.49. The van der Waals surface area contributed by atoms with E-state index in [4.69, 9.17) is 9.84 Å². The molecule has 0 unspecified atom stereocenters. The average Bonchev–Trinajstić information content (AvgIpc) is 1.78. The molecule has 0 aromatic rings. The molecule has 1 rings (SSSR count). The first-order valence-corrected chi connectivity index (χ1v) is 3.14. The Bertz CT molecular complexity index is 191. The lowest BCUT2D eigenvalue weighted by atomic mass is 9.99. The lowest BCUT2D eigenvalue weighted by molar-refractivity contribution is -0.142. The zero-order chi connectivity index (χ0) is 7.78. The lowest BCUT2D eigenvalue weighted by Crippen LogP contribution is -2.36. The van der Waals surface area contributed by atoms with E-state index in [1.54, 1.807) is 13.8 Å². The average molecular weight is 142 g/mol. The molecule has 1 aliphatic heterocycles. The van der Waals surface area contributed by atoms with Crippen molar-refractivity contribution in [3.05, 3.63) is 12.0 Å². The van der Waals surface area contributed by atoms with Gasteiger partial charge in [0.2, 0.25) is 0 Å². The van der Waals surface area contributed by atoms with Gasteiger partial charge in [0, 0.05) is 12.5 Å². The van der Waals surface area contributed by atoms with Gasteiger partial charge in [-0.1, -0.05) is 0 Å².